The van der Waals surface area contributed by atoms with E-state index in [1.54, 1.807) is 0 Å². The molecule has 0 atom stereocenters. The Kier molecular flexibility index (Phi) is 46.8. The molecule has 0 saturated heterocycles. The van der Waals surface area contributed by atoms with Crippen molar-refractivity contribution < 1.29 is 19.7 Å². The van der Waals surface area contributed by atoms with Crippen molar-refractivity contribution in [2.45, 2.75) is 194 Å². The zero-order chi connectivity index (χ0) is 30.9. The van der Waals surface area contributed by atoms with E-state index in [4.69, 9.17) is 19.7 Å². The summed E-state index contributed by atoms with van der Waals surface area (Å²) in [7, 11) is 0. The molecule has 0 aliphatic carbocycles. The van der Waals surface area contributed by atoms with Crippen LogP contribution in [0.5, 0.6) is 0 Å². The predicted molar refractivity (Wildman–Crippen MR) is 186 cm³/mol. The van der Waals surface area contributed by atoms with Gasteiger partial charge in [-0.05, 0) is 38.5 Å². The molecule has 42 heavy (non-hydrogen) atoms. The van der Waals surface area contributed by atoms with Crippen LogP contribution in [0.4, 0.5) is 0 Å². The summed E-state index contributed by atoms with van der Waals surface area (Å²) in [5, 5.41) is 17.1. The zero-order valence-electron chi connectivity index (χ0n) is 28.9. The molecule has 0 aromatic heterocycles. The Morgan fingerprint density at radius 1 is 0.333 bits per heavy atom. The first kappa shape index (κ1) is 43.7. The first-order valence-corrected chi connectivity index (χ1v) is 18.9. The number of aliphatic hydroxyl groups is 2. The Morgan fingerprint density at radius 3 is 0.881 bits per heavy atom. The average Bonchev–Trinajstić information content (AvgIpc) is 3.00. The van der Waals surface area contributed by atoms with Crippen molar-refractivity contribution in [1.82, 2.24) is 0 Å². The third-order valence-electron chi connectivity index (χ3n) is 7.91. The van der Waals surface area contributed by atoms with E-state index in [0.29, 0.717) is 13.2 Å². The molecule has 254 valence electrons. The van der Waals surface area contributed by atoms with Gasteiger partial charge in [0.1, 0.15) is 0 Å². The lowest BCUT2D eigenvalue weighted by Crippen LogP contribution is -2.00. The van der Waals surface area contributed by atoms with Crippen LogP contribution < -0.4 is 0 Å². The number of unbranched alkanes of at least 4 members (excludes halogenated alkanes) is 25. The van der Waals surface area contributed by atoms with Gasteiger partial charge >= 0.3 is 0 Å². The van der Waals surface area contributed by atoms with Gasteiger partial charge < -0.3 is 19.7 Å². The molecule has 4 nitrogen and oxygen atoms in total. The molecule has 0 aliphatic rings. The second kappa shape index (κ2) is 45.0. The topological polar surface area (TPSA) is 58.9 Å². The number of hydrogen-bond donors (Lipinski definition) is 2. The molecule has 0 amide bonds. The van der Waals surface area contributed by atoms with Gasteiger partial charge in [0.15, 0.2) is 0 Å². The van der Waals surface area contributed by atoms with Crippen molar-refractivity contribution in [3.05, 3.63) is 12.2 Å². The molecule has 0 spiro atoms. The Morgan fingerprint density at radius 2 is 0.595 bits per heavy atom. The van der Waals surface area contributed by atoms with Gasteiger partial charge in [0.2, 0.25) is 0 Å². The van der Waals surface area contributed by atoms with Gasteiger partial charge in [-0.2, -0.15) is 0 Å². The van der Waals surface area contributed by atoms with Crippen LogP contribution in [0.15, 0.2) is 12.2 Å². The molecule has 0 radical (unpaired) electrons. The van der Waals surface area contributed by atoms with Crippen LogP contribution in [0.3, 0.4) is 0 Å². The smallest absolute Gasteiger partial charge is 0.0697 e. The molecule has 0 unspecified atom stereocenters. The first-order chi connectivity index (χ1) is 20.8. The van der Waals surface area contributed by atoms with Gasteiger partial charge in [-0.15, -0.1) is 0 Å². The molecule has 2 N–H and O–H groups in total. The molecule has 0 rings (SSSR count). The van der Waals surface area contributed by atoms with Crippen LogP contribution in [-0.2, 0) is 9.47 Å². The number of hydrogen-bond acceptors (Lipinski definition) is 4. The third kappa shape index (κ3) is 46.5. The van der Waals surface area contributed by atoms with E-state index >= 15 is 0 Å². The highest BCUT2D eigenvalue weighted by molar-refractivity contribution is 4.81. The zero-order valence-corrected chi connectivity index (χ0v) is 28.9. The second-order valence-corrected chi connectivity index (χ2v) is 12.2. The summed E-state index contributed by atoms with van der Waals surface area (Å²) >= 11 is 0. The number of rotatable bonds is 35. The monoisotopic (exact) mass is 599 g/mol. The maximum absolute atomic E-state index is 8.57. The Bertz CT molecular complexity index is 436. The quantitative estimate of drug-likeness (QED) is 0.0562. The minimum atomic E-state index is 0.145. The molecule has 0 aromatic rings. The average molecular weight is 599 g/mol. The molecule has 0 aromatic carbocycles. The summed E-state index contributed by atoms with van der Waals surface area (Å²) in [6.45, 7) is 7.47. The van der Waals surface area contributed by atoms with Gasteiger partial charge in [0, 0.05) is 13.2 Å². The molecule has 0 bridgehead atoms. The highest BCUT2D eigenvalue weighted by atomic mass is 16.5. The third-order valence-corrected chi connectivity index (χ3v) is 7.91. The van der Waals surface area contributed by atoms with Crippen LogP contribution in [0, 0.1) is 0 Å². The molecule has 0 saturated carbocycles. The SMILES string of the molecule is CCCCCCCC/C=C/CCCCCCCCOCCO.CCCCCCCCCCCCCCCCOCCO. The van der Waals surface area contributed by atoms with Gasteiger partial charge in [0.25, 0.3) is 0 Å². The van der Waals surface area contributed by atoms with Crippen LogP contribution in [0.2, 0.25) is 0 Å². The molecule has 4 heteroatoms. The molecular formula is C38H78O4. The maximum atomic E-state index is 8.57. The van der Waals surface area contributed by atoms with E-state index in [-0.39, 0.29) is 13.2 Å². The van der Waals surface area contributed by atoms with Gasteiger partial charge in [-0.1, -0.05) is 167 Å². The summed E-state index contributed by atoms with van der Waals surface area (Å²) in [5.41, 5.74) is 0. The Labute approximate surface area is 264 Å². The van der Waals surface area contributed by atoms with Crippen molar-refractivity contribution >= 4 is 0 Å². The molecule has 0 heterocycles. The highest BCUT2D eigenvalue weighted by Gasteiger charge is 1.95. The molecule has 0 aliphatic heterocycles. The number of allylic oxidation sites excluding steroid dienone is 2. The van der Waals surface area contributed by atoms with Crippen LogP contribution in [0.25, 0.3) is 0 Å². The summed E-state index contributed by atoms with van der Waals surface area (Å²) in [6.07, 6.45) is 42.9. The first-order valence-electron chi connectivity index (χ1n) is 18.9. The Hall–Kier alpha value is -0.420. The summed E-state index contributed by atoms with van der Waals surface area (Å²) in [5.74, 6) is 0. The molecular weight excluding hydrogens is 520 g/mol. The number of aliphatic hydroxyl groups excluding tert-OH is 2. The van der Waals surface area contributed by atoms with E-state index in [1.165, 1.54) is 167 Å². The lowest BCUT2D eigenvalue weighted by atomic mass is 10.0. The van der Waals surface area contributed by atoms with Crippen molar-refractivity contribution in [3.8, 4) is 0 Å². The minimum Gasteiger partial charge on any atom is -0.394 e. The number of ether oxygens (including phenoxy) is 2. The minimum absolute atomic E-state index is 0.145. The summed E-state index contributed by atoms with van der Waals surface area (Å²) in [4.78, 5) is 0. The largest absolute Gasteiger partial charge is 0.394 e. The lowest BCUT2D eigenvalue weighted by Gasteiger charge is -2.03. The Balaban J connectivity index is 0. The normalized spacial score (nSPS) is 11.3. The lowest BCUT2D eigenvalue weighted by molar-refractivity contribution is 0.0895. The van der Waals surface area contributed by atoms with Crippen LogP contribution in [-0.4, -0.2) is 49.9 Å². The van der Waals surface area contributed by atoms with E-state index in [1.807, 2.05) is 0 Å². The molecule has 0 fully saturated rings. The van der Waals surface area contributed by atoms with Crippen molar-refractivity contribution in [1.29, 1.82) is 0 Å². The maximum Gasteiger partial charge on any atom is 0.0697 e. The van der Waals surface area contributed by atoms with Crippen molar-refractivity contribution in [2.75, 3.05) is 39.6 Å². The van der Waals surface area contributed by atoms with Crippen molar-refractivity contribution in [2.24, 2.45) is 0 Å². The van der Waals surface area contributed by atoms with E-state index in [2.05, 4.69) is 26.0 Å². The second-order valence-electron chi connectivity index (χ2n) is 12.2. The summed E-state index contributed by atoms with van der Waals surface area (Å²) < 4.78 is 10.5. The van der Waals surface area contributed by atoms with E-state index < -0.39 is 0 Å². The predicted octanol–water partition coefficient (Wildman–Crippen LogP) is 11.5. The fourth-order valence-electron chi connectivity index (χ4n) is 5.18. The van der Waals surface area contributed by atoms with Gasteiger partial charge in [-0.25, -0.2) is 0 Å². The van der Waals surface area contributed by atoms with Crippen LogP contribution in [0.1, 0.15) is 194 Å². The van der Waals surface area contributed by atoms with Crippen LogP contribution >= 0.6 is 0 Å². The van der Waals surface area contributed by atoms with Gasteiger partial charge in [-0.3, -0.25) is 0 Å². The van der Waals surface area contributed by atoms with Crippen molar-refractivity contribution in [3.63, 3.8) is 0 Å². The van der Waals surface area contributed by atoms with E-state index in [9.17, 15) is 0 Å². The van der Waals surface area contributed by atoms with Gasteiger partial charge in [0.05, 0.1) is 26.4 Å². The fraction of sp³-hybridized carbons (Fsp3) is 0.947. The highest BCUT2D eigenvalue weighted by Crippen LogP contribution is 2.13. The fourth-order valence-corrected chi connectivity index (χ4v) is 5.18. The van der Waals surface area contributed by atoms with E-state index in [0.717, 1.165) is 26.1 Å². The summed E-state index contributed by atoms with van der Waals surface area (Å²) in [6, 6.07) is 0. The standard InChI is InChI=1S/C20H40O2.C18H38O2/c1-2-3-4-5-6-7-8-9-10-11-12-13-14-15-16-17-19-22-20-18-21;1-2-3-4-5-6-7-8-9-10-11-12-13-14-15-17-20-18-16-19/h9-10,21H,2-8,11-20H2,1H3;19H,2-18H2,1H3/b10-9+;.